The van der Waals surface area contributed by atoms with Gasteiger partial charge in [0.25, 0.3) is 11.5 Å². The molecule has 0 saturated heterocycles. The molecule has 0 bridgehead atoms. The Morgan fingerprint density at radius 2 is 2.00 bits per heavy atom. The smallest absolute Gasteiger partial charge is 0.326 e. The molecule has 1 aromatic heterocycles. The first-order valence-corrected chi connectivity index (χ1v) is 6.75. The number of nitrogens with zero attached hydrogens (tertiary/aromatic N) is 3. The number of carbonyl (C=O) groups excluding carboxylic acids is 2. The van der Waals surface area contributed by atoms with Crippen LogP contribution in [0.5, 0.6) is 0 Å². The van der Waals surface area contributed by atoms with E-state index >= 15 is 0 Å². The van der Waals surface area contributed by atoms with Gasteiger partial charge in [0.1, 0.15) is 6.54 Å². The van der Waals surface area contributed by atoms with Crippen LogP contribution in [0.3, 0.4) is 0 Å². The second kappa shape index (κ2) is 6.38. The number of ether oxygens (including phenoxy) is 1. The predicted molar refractivity (Wildman–Crippen MR) is 80.3 cm³/mol. The van der Waals surface area contributed by atoms with Crippen LogP contribution in [0, 0.1) is 0 Å². The Labute approximate surface area is 127 Å². The summed E-state index contributed by atoms with van der Waals surface area (Å²) in [6.07, 6.45) is 0.399. The number of fused-ring (bicyclic) bond motifs is 1. The van der Waals surface area contributed by atoms with Gasteiger partial charge in [0.15, 0.2) is 6.10 Å². The van der Waals surface area contributed by atoms with Crippen LogP contribution in [0.25, 0.3) is 10.9 Å². The van der Waals surface area contributed by atoms with Gasteiger partial charge in [0.2, 0.25) is 0 Å². The fourth-order valence-corrected chi connectivity index (χ4v) is 2.01. The molecule has 1 heterocycles. The number of likely N-dealkylation sites (N-methyl/N-ethyl adjacent to an activating group) is 1. The molecule has 7 nitrogen and oxygen atoms in total. The molecule has 0 fully saturated rings. The Bertz CT molecular complexity index is 767. The second-order valence-corrected chi connectivity index (χ2v) is 5.06. The highest BCUT2D eigenvalue weighted by Gasteiger charge is 2.19. The lowest BCUT2D eigenvalue weighted by Gasteiger charge is -2.17. The van der Waals surface area contributed by atoms with E-state index in [0.29, 0.717) is 10.9 Å². The molecule has 0 spiro atoms. The summed E-state index contributed by atoms with van der Waals surface area (Å²) in [4.78, 5) is 41.2. The van der Waals surface area contributed by atoms with Gasteiger partial charge in [-0.1, -0.05) is 12.1 Å². The van der Waals surface area contributed by atoms with E-state index < -0.39 is 12.1 Å². The molecule has 0 saturated carbocycles. The standard InChI is InChI=1S/C15H17N3O4/c1-10(14(20)17(2)3)22-13(19)8-18-9-16-12-7-5-4-6-11(12)15(18)21/h4-7,9-10H,8H2,1-3H3/t10-/m1/s1. The van der Waals surface area contributed by atoms with Crippen molar-refractivity contribution in [1.29, 1.82) is 0 Å². The van der Waals surface area contributed by atoms with E-state index in [-0.39, 0.29) is 18.0 Å². The van der Waals surface area contributed by atoms with Gasteiger partial charge in [-0.2, -0.15) is 0 Å². The van der Waals surface area contributed by atoms with Crippen LogP contribution in [0.1, 0.15) is 6.92 Å². The first-order valence-electron chi connectivity index (χ1n) is 6.75. The van der Waals surface area contributed by atoms with Crippen LogP contribution >= 0.6 is 0 Å². The molecular weight excluding hydrogens is 286 g/mol. The molecule has 2 rings (SSSR count). The molecule has 22 heavy (non-hydrogen) atoms. The van der Waals surface area contributed by atoms with Gasteiger partial charge in [-0.05, 0) is 19.1 Å². The monoisotopic (exact) mass is 303 g/mol. The van der Waals surface area contributed by atoms with Gasteiger partial charge in [0.05, 0.1) is 17.2 Å². The largest absolute Gasteiger partial charge is 0.451 e. The van der Waals surface area contributed by atoms with Crippen LogP contribution in [-0.2, 0) is 20.9 Å². The minimum atomic E-state index is -0.897. The molecule has 0 radical (unpaired) electrons. The average molecular weight is 303 g/mol. The van der Waals surface area contributed by atoms with Gasteiger partial charge >= 0.3 is 5.97 Å². The highest BCUT2D eigenvalue weighted by molar-refractivity contribution is 5.83. The predicted octanol–water partition coefficient (Wildman–Crippen LogP) is 0.416. The number of carbonyl (C=O) groups is 2. The van der Waals surface area contributed by atoms with Gasteiger partial charge in [-0.25, -0.2) is 4.98 Å². The quantitative estimate of drug-likeness (QED) is 0.764. The summed E-state index contributed by atoms with van der Waals surface area (Å²) in [7, 11) is 3.15. The zero-order valence-electron chi connectivity index (χ0n) is 12.6. The Morgan fingerprint density at radius 3 is 2.68 bits per heavy atom. The van der Waals surface area contributed by atoms with Gasteiger partial charge in [0, 0.05) is 14.1 Å². The van der Waals surface area contributed by atoms with Crippen molar-refractivity contribution in [3.05, 3.63) is 40.9 Å². The molecule has 0 N–H and O–H groups in total. The van der Waals surface area contributed by atoms with Crippen molar-refractivity contribution in [2.75, 3.05) is 14.1 Å². The number of aromatic nitrogens is 2. The number of hydrogen-bond acceptors (Lipinski definition) is 5. The molecule has 2 aromatic rings. The van der Waals surface area contributed by atoms with Crippen molar-refractivity contribution < 1.29 is 14.3 Å². The third-order valence-corrected chi connectivity index (χ3v) is 3.13. The maximum atomic E-state index is 12.2. The molecule has 0 unspecified atom stereocenters. The zero-order chi connectivity index (χ0) is 16.3. The molecule has 1 amide bonds. The third kappa shape index (κ3) is 3.30. The normalized spacial score (nSPS) is 12.0. The lowest BCUT2D eigenvalue weighted by molar-refractivity contribution is -0.158. The second-order valence-electron chi connectivity index (χ2n) is 5.06. The molecule has 0 aliphatic rings. The number of benzene rings is 1. The van der Waals surface area contributed by atoms with Crippen molar-refractivity contribution >= 4 is 22.8 Å². The van der Waals surface area contributed by atoms with E-state index in [9.17, 15) is 14.4 Å². The highest BCUT2D eigenvalue weighted by atomic mass is 16.5. The summed E-state index contributed by atoms with van der Waals surface area (Å²) in [5.41, 5.74) is 0.238. The lowest BCUT2D eigenvalue weighted by Crippen LogP contribution is -2.36. The topological polar surface area (TPSA) is 81.5 Å². The number of rotatable bonds is 4. The summed E-state index contributed by atoms with van der Waals surface area (Å²) in [5, 5.41) is 0.426. The van der Waals surface area contributed by atoms with E-state index in [1.807, 2.05) is 0 Å². The summed E-state index contributed by atoms with van der Waals surface area (Å²) in [5.74, 6) is -0.987. The van der Waals surface area contributed by atoms with Gasteiger partial charge in [-0.15, -0.1) is 0 Å². The van der Waals surface area contributed by atoms with E-state index in [1.54, 1.807) is 38.4 Å². The maximum Gasteiger partial charge on any atom is 0.326 e. The highest BCUT2D eigenvalue weighted by Crippen LogP contribution is 2.05. The minimum Gasteiger partial charge on any atom is -0.451 e. The maximum absolute atomic E-state index is 12.2. The number of para-hydroxylation sites is 1. The first kappa shape index (κ1) is 15.7. The van der Waals surface area contributed by atoms with Crippen LogP contribution in [-0.4, -0.2) is 46.5 Å². The summed E-state index contributed by atoms with van der Waals surface area (Å²) >= 11 is 0. The van der Waals surface area contributed by atoms with Crippen molar-refractivity contribution in [1.82, 2.24) is 14.5 Å². The first-order chi connectivity index (χ1) is 10.4. The molecule has 1 atom stereocenters. The SMILES string of the molecule is C[C@@H](OC(=O)Cn1cnc2ccccc2c1=O)C(=O)N(C)C. The van der Waals surface area contributed by atoms with E-state index in [4.69, 9.17) is 4.74 Å². The molecule has 7 heteroatoms. The Hall–Kier alpha value is -2.70. The fraction of sp³-hybridized carbons (Fsp3) is 0.333. The van der Waals surface area contributed by atoms with Crippen molar-refractivity contribution in [3.8, 4) is 0 Å². The van der Waals surface area contributed by atoms with Gasteiger partial charge in [-0.3, -0.25) is 19.0 Å². The summed E-state index contributed by atoms with van der Waals surface area (Å²) in [6.45, 7) is 1.20. The van der Waals surface area contributed by atoms with Crippen LogP contribution in [0.15, 0.2) is 35.4 Å². The Balaban J connectivity index is 2.14. The van der Waals surface area contributed by atoms with Crippen molar-refractivity contribution in [2.24, 2.45) is 0 Å². The minimum absolute atomic E-state index is 0.290. The van der Waals surface area contributed by atoms with Crippen LogP contribution in [0.2, 0.25) is 0 Å². The van der Waals surface area contributed by atoms with E-state index in [0.717, 1.165) is 4.57 Å². The van der Waals surface area contributed by atoms with Crippen molar-refractivity contribution in [3.63, 3.8) is 0 Å². The van der Waals surface area contributed by atoms with Crippen LogP contribution in [0.4, 0.5) is 0 Å². The lowest BCUT2D eigenvalue weighted by atomic mass is 10.2. The number of amides is 1. The molecule has 0 aliphatic carbocycles. The molecule has 1 aromatic carbocycles. The molecule has 0 aliphatic heterocycles. The number of hydrogen-bond donors (Lipinski definition) is 0. The fourth-order valence-electron chi connectivity index (χ4n) is 2.01. The summed E-state index contributed by atoms with van der Waals surface area (Å²) < 4.78 is 6.19. The third-order valence-electron chi connectivity index (χ3n) is 3.13. The Morgan fingerprint density at radius 1 is 1.32 bits per heavy atom. The van der Waals surface area contributed by atoms with E-state index in [1.165, 1.54) is 18.2 Å². The summed E-state index contributed by atoms with van der Waals surface area (Å²) in [6, 6.07) is 6.87. The number of esters is 1. The molecule has 116 valence electrons. The van der Waals surface area contributed by atoms with E-state index in [2.05, 4.69) is 4.98 Å². The van der Waals surface area contributed by atoms with Gasteiger partial charge < -0.3 is 9.64 Å². The van der Waals surface area contributed by atoms with Crippen LogP contribution < -0.4 is 5.56 Å². The Kier molecular flexibility index (Phi) is 4.55. The molecular formula is C15H17N3O4. The zero-order valence-corrected chi connectivity index (χ0v) is 12.6. The van der Waals surface area contributed by atoms with Crippen molar-refractivity contribution in [2.45, 2.75) is 19.6 Å². The average Bonchev–Trinajstić information content (AvgIpc) is 2.49.